The van der Waals surface area contributed by atoms with Gasteiger partial charge in [0.1, 0.15) is 5.69 Å². The molecule has 0 aliphatic carbocycles. The van der Waals surface area contributed by atoms with Crippen LogP contribution >= 0.6 is 23.2 Å². The topological polar surface area (TPSA) is 38.0 Å². The van der Waals surface area contributed by atoms with Gasteiger partial charge in [-0.05, 0) is 19.1 Å². The SMILES string of the molecule is Cc1nn(-c2c(Cl)cccc2Cl)cc1CO. The number of halogens is 2. The zero-order valence-electron chi connectivity index (χ0n) is 8.61. The molecule has 0 aliphatic heterocycles. The third-order valence-corrected chi connectivity index (χ3v) is 2.95. The molecule has 2 aromatic rings. The predicted molar refractivity (Wildman–Crippen MR) is 64.2 cm³/mol. The van der Waals surface area contributed by atoms with Gasteiger partial charge in [0, 0.05) is 11.8 Å². The van der Waals surface area contributed by atoms with Gasteiger partial charge in [0.2, 0.25) is 0 Å². The van der Waals surface area contributed by atoms with Crippen molar-refractivity contribution in [2.75, 3.05) is 0 Å². The molecule has 0 fully saturated rings. The van der Waals surface area contributed by atoms with Crippen molar-refractivity contribution in [2.24, 2.45) is 0 Å². The van der Waals surface area contributed by atoms with E-state index in [1.807, 2.05) is 6.92 Å². The maximum Gasteiger partial charge on any atom is 0.102 e. The van der Waals surface area contributed by atoms with Crippen LogP contribution in [0.5, 0.6) is 0 Å². The van der Waals surface area contributed by atoms with Crippen molar-refractivity contribution in [3.63, 3.8) is 0 Å². The van der Waals surface area contributed by atoms with E-state index in [1.54, 1.807) is 29.1 Å². The normalized spacial score (nSPS) is 10.8. The summed E-state index contributed by atoms with van der Waals surface area (Å²) in [4.78, 5) is 0. The number of rotatable bonds is 2. The minimum absolute atomic E-state index is 0.0477. The monoisotopic (exact) mass is 256 g/mol. The quantitative estimate of drug-likeness (QED) is 0.898. The summed E-state index contributed by atoms with van der Waals surface area (Å²) in [6, 6.07) is 5.27. The molecule has 0 aliphatic rings. The van der Waals surface area contributed by atoms with E-state index in [0.717, 1.165) is 11.3 Å². The highest BCUT2D eigenvalue weighted by Crippen LogP contribution is 2.28. The number of hydrogen-bond acceptors (Lipinski definition) is 2. The van der Waals surface area contributed by atoms with Gasteiger partial charge in [-0.25, -0.2) is 4.68 Å². The summed E-state index contributed by atoms with van der Waals surface area (Å²) in [5, 5.41) is 14.4. The van der Waals surface area contributed by atoms with E-state index in [1.165, 1.54) is 0 Å². The molecule has 0 radical (unpaired) electrons. The molecule has 0 saturated heterocycles. The molecular weight excluding hydrogens is 247 g/mol. The van der Waals surface area contributed by atoms with E-state index >= 15 is 0 Å². The summed E-state index contributed by atoms with van der Waals surface area (Å²) in [5.74, 6) is 0. The lowest BCUT2D eigenvalue weighted by Gasteiger charge is -2.05. The Balaban J connectivity index is 2.58. The smallest absolute Gasteiger partial charge is 0.102 e. The van der Waals surface area contributed by atoms with E-state index < -0.39 is 0 Å². The molecule has 84 valence electrons. The number of nitrogens with zero attached hydrogens (tertiary/aromatic N) is 2. The fourth-order valence-electron chi connectivity index (χ4n) is 1.47. The number of aliphatic hydroxyl groups is 1. The van der Waals surface area contributed by atoms with Gasteiger partial charge >= 0.3 is 0 Å². The van der Waals surface area contributed by atoms with Crippen molar-refractivity contribution >= 4 is 23.2 Å². The fourth-order valence-corrected chi connectivity index (χ4v) is 2.04. The molecule has 2 rings (SSSR count). The van der Waals surface area contributed by atoms with Crippen molar-refractivity contribution in [3.05, 3.63) is 45.7 Å². The van der Waals surface area contributed by atoms with Crippen LogP contribution in [-0.4, -0.2) is 14.9 Å². The van der Waals surface area contributed by atoms with Crippen molar-refractivity contribution in [3.8, 4) is 5.69 Å². The Morgan fingerprint density at radius 2 is 1.94 bits per heavy atom. The first kappa shape index (κ1) is 11.5. The molecule has 0 spiro atoms. The van der Waals surface area contributed by atoms with Gasteiger partial charge in [-0.2, -0.15) is 5.10 Å². The number of para-hydroxylation sites is 1. The maximum absolute atomic E-state index is 9.10. The molecule has 0 bridgehead atoms. The van der Waals surface area contributed by atoms with Gasteiger partial charge < -0.3 is 5.11 Å². The molecule has 0 amide bonds. The third-order valence-electron chi connectivity index (χ3n) is 2.34. The van der Waals surface area contributed by atoms with E-state index in [-0.39, 0.29) is 6.61 Å². The first-order chi connectivity index (χ1) is 7.63. The molecule has 5 heteroatoms. The number of benzene rings is 1. The maximum atomic E-state index is 9.10. The van der Waals surface area contributed by atoms with Crippen molar-refractivity contribution in [1.29, 1.82) is 0 Å². The van der Waals surface area contributed by atoms with E-state index in [4.69, 9.17) is 28.3 Å². The van der Waals surface area contributed by atoms with Crippen molar-refractivity contribution in [1.82, 2.24) is 9.78 Å². The standard InChI is InChI=1S/C11H10Cl2N2O/c1-7-8(6-16)5-15(14-7)11-9(12)3-2-4-10(11)13/h2-5,16H,6H2,1H3. The third kappa shape index (κ3) is 1.94. The lowest BCUT2D eigenvalue weighted by atomic mass is 10.3. The summed E-state index contributed by atoms with van der Waals surface area (Å²) in [6.07, 6.45) is 1.72. The van der Waals surface area contributed by atoms with Crippen LogP contribution in [0.4, 0.5) is 0 Å². The number of aliphatic hydroxyl groups excluding tert-OH is 1. The van der Waals surface area contributed by atoms with Crippen LogP contribution < -0.4 is 0 Å². The summed E-state index contributed by atoms with van der Waals surface area (Å²) in [5.41, 5.74) is 2.16. The summed E-state index contributed by atoms with van der Waals surface area (Å²) in [7, 11) is 0. The van der Waals surface area contributed by atoms with Crippen LogP contribution in [0.1, 0.15) is 11.3 Å². The molecule has 3 nitrogen and oxygen atoms in total. The lowest BCUT2D eigenvalue weighted by molar-refractivity contribution is 0.281. The van der Waals surface area contributed by atoms with Crippen molar-refractivity contribution in [2.45, 2.75) is 13.5 Å². The van der Waals surface area contributed by atoms with Crippen LogP contribution in [0, 0.1) is 6.92 Å². The average molecular weight is 257 g/mol. The fraction of sp³-hybridized carbons (Fsp3) is 0.182. The van der Waals surface area contributed by atoms with Crippen LogP contribution in [-0.2, 0) is 6.61 Å². The Morgan fingerprint density at radius 1 is 1.31 bits per heavy atom. The van der Waals surface area contributed by atoms with E-state index in [2.05, 4.69) is 5.10 Å². The molecular formula is C11H10Cl2N2O. The Labute approximate surface area is 103 Å². The van der Waals surface area contributed by atoms with Crippen LogP contribution in [0.15, 0.2) is 24.4 Å². The average Bonchev–Trinajstić information content (AvgIpc) is 2.59. The first-order valence-corrected chi connectivity index (χ1v) is 5.49. The Morgan fingerprint density at radius 3 is 2.44 bits per heavy atom. The Kier molecular flexibility index (Phi) is 3.19. The minimum atomic E-state index is -0.0477. The van der Waals surface area contributed by atoms with E-state index in [0.29, 0.717) is 15.7 Å². The molecule has 16 heavy (non-hydrogen) atoms. The summed E-state index contributed by atoms with van der Waals surface area (Å²) in [6.45, 7) is 1.78. The van der Waals surface area contributed by atoms with Gasteiger partial charge in [-0.15, -0.1) is 0 Å². The molecule has 1 aromatic heterocycles. The number of aromatic nitrogens is 2. The highest BCUT2D eigenvalue weighted by atomic mass is 35.5. The zero-order chi connectivity index (χ0) is 11.7. The highest BCUT2D eigenvalue weighted by Gasteiger charge is 2.11. The molecule has 0 saturated carbocycles. The van der Waals surface area contributed by atoms with Crippen molar-refractivity contribution < 1.29 is 5.11 Å². The summed E-state index contributed by atoms with van der Waals surface area (Å²) < 4.78 is 1.59. The second-order valence-corrected chi connectivity index (χ2v) is 4.23. The second kappa shape index (κ2) is 4.45. The molecule has 1 N–H and O–H groups in total. The number of hydrogen-bond donors (Lipinski definition) is 1. The van der Waals surface area contributed by atoms with E-state index in [9.17, 15) is 0 Å². The second-order valence-electron chi connectivity index (χ2n) is 3.41. The summed E-state index contributed by atoms with van der Waals surface area (Å²) >= 11 is 12.1. The van der Waals surface area contributed by atoms with Gasteiger partial charge in [-0.3, -0.25) is 0 Å². The van der Waals surface area contributed by atoms with Crippen LogP contribution in [0.25, 0.3) is 5.69 Å². The Hall–Kier alpha value is -1.03. The van der Waals surface area contributed by atoms with Gasteiger partial charge in [0.05, 0.1) is 22.3 Å². The molecule has 1 heterocycles. The first-order valence-electron chi connectivity index (χ1n) is 4.74. The highest BCUT2D eigenvalue weighted by molar-refractivity contribution is 6.37. The predicted octanol–water partition coefficient (Wildman–Crippen LogP) is 2.98. The van der Waals surface area contributed by atoms with Gasteiger partial charge in [-0.1, -0.05) is 29.3 Å². The molecule has 1 aromatic carbocycles. The minimum Gasteiger partial charge on any atom is -0.392 e. The van der Waals surface area contributed by atoms with Gasteiger partial charge in [0.25, 0.3) is 0 Å². The van der Waals surface area contributed by atoms with Crippen LogP contribution in [0.3, 0.4) is 0 Å². The zero-order valence-corrected chi connectivity index (χ0v) is 10.1. The molecule has 0 atom stereocenters. The largest absolute Gasteiger partial charge is 0.392 e. The lowest BCUT2D eigenvalue weighted by Crippen LogP contribution is -1.96. The number of aryl methyl sites for hydroxylation is 1. The van der Waals surface area contributed by atoms with Crippen LogP contribution in [0.2, 0.25) is 10.0 Å². The Bertz CT molecular complexity index is 502. The van der Waals surface area contributed by atoms with Gasteiger partial charge in [0.15, 0.2) is 0 Å². The molecule has 0 unspecified atom stereocenters.